The van der Waals surface area contributed by atoms with Crippen molar-refractivity contribution >= 4 is 29.2 Å². The number of hydrogen-bond acceptors (Lipinski definition) is 2. The topological polar surface area (TPSA) is 26.3 Å². The average Bonchev–Trinajstić information content (AvgIpc) is 2.26. The highest BCUT2D eigenvalue weighted by molar-refractivity contribution is 6.24. The van der Waals surface area contributed by atoms with E-state index >= 15 is 0 Å². The standard InChI is InChI=1S/C16H28Cl2O2/c1-13(12-14(19)20-5)8-6-10-16(4,18)11-7-9-15(2,3)17/h12H,6-11H2,1-5H3/b13-12+. The molecule has 0 aliphatic heterocycles. The number of ether oxygens (including phenoxy) is 1. The number of carbonyl (C=O) groups is 1. The Bertz CT molecular complexity index is 328. The molecular formula is C16H28Cl2O2. The third-order valence-corrected chi connectivity index (χ3v) is 3.87. The van der Waals surface area contributed by atoms with Gasteiger partial charge in [-0.05, 0) is 66.2 Å². The van der Waals surface area contributed by atoms with E-state index in [2.05, 4.69) is 11.7 Å². The zero-order valence-electron chi connectivity index (χ0n) is 13.4. The lowest BCUT2D eigenvalue weighted by molar-refractivity contribution is -0.134. The number of carbonyl (C=O) groups excluding carboxylic acids is 1. The summed E-state index contributed by atoms with van der Waals surface area (Å²) >= 11 is 12.7. The zero-order chi connectivity index (χ0) is 15.8. The monoisotopic (exact) mass is 322 g/mol. The van der Waals surface area contributed by atoms with Gasteiger partial charge in [-0.2, -0.15) is 0 Å². The largest absolute Gasteiger partial charge is 0.466 e. The average molecular weight is 323 g/mol. The lowest BCUT2D eigenvalue weighted by Gasteiger charge is -2.24. The number of halogens is 2. The fourth-order valence-corrected chi connectivity index (χ4v) is 2.47. The van der Waals surface area contributed by atoms with E-state index in [0.29, 0.717) is 0 Å². The van der Waals surface area contributed by atoms with Gasteiger partial charge in [0.15, 0.2) is 0 Å². The van der Waals surface area contributed by atoms with Gasteiger partial charge in [-0.3, -0.25) is 0 Å². The Morgan fingerprint density at radius 3 is 2.15 bits per heavy atom. The number of alkyl halides is 2. The third-order valence-electron chi connectivity index (χ3n) is 3.30. The molecule has 0 fully saturated rings. The quantitative estimate of drug-likeness (QED) is 0.320. The minimum absolute atomic E-state index is 0.146. The molecule has 0 aromatic carbocycles. The summed E-state index contributed by atoms with van der Waals surface area (Å²) in [6.07, 6.45) is 7.29. The summed E-state index contributed by atoms with van der Waals surface area (Å²) in [6.45, 7) is 8.08. The number of esters is 1. The van der Waals surface area contributed by atoms with E-state index in [4.69, 9.17) is 23.2 Å². The van der Waals surface area contributed by atoms with Crippen LogP contribution in [-0.2, 0) is 9.53 Å². The maximum atomic E-state index is 11.1. The van der Waals surface area contributed by atoms with Crippen molar-refractivity contribution in [1.29, 1.82) is 0 Å². The first-order valence-electron chi connectivity index (χ1n) is 7.19. The molecule has 1 unspecified atom stereocenters. The van der Waals surface area contributed by atoms with Crippen molar-refractivity contribution in [3.05, 3.63) is 11.6 Å². The first-order valence-corrected chi connectivity index (χ1v) is 7.94. The zero-order valence-corrected chi connectivity index (χ0v) is 14.9. The Balaban J connectivity index is 3.98. The van der Waals surface area contributed by atoms with E-state index in [9.17, 15) is 4.79 Å². The van der Waals surface area contributed by atoms with E-state index in [-0.39, 0.29) is 15.7 Å². The fourth-order valence-electron chi connectivity index (χ4n) is 2.07. The highest BCUT2D eigenvalue weighted by Crippen LogP contribution is 2.31. The molecule has 0 heterocycles. The maximum Gasteiger partial charge on any atom is 0.330 e. The molecule has 0 aromatic rings. The van der Waals surface area contributed by atoms with Crippen LogP contribution < -0.4 is 0 Å². The fraction of sp³-hybridized carbons (Fsp3) is 0.812. The van der Waals surface area contributed by atoms with E-state index in [1.165, 1.54) is 7.11 Å². The second-order valence-corrected chi connectivity index (χ2v) is 8.29. The highest BCUT2D eigenvalue weighted by atomic mass is 35.5. The van der Waals surface area contributed by atoms with Crippen LogP contribution in [0.15, 0.2) is 11.6 Å². The van der Waals surface area contributed by atoms with E-state index in [1.807, 2.05) is 20.8 Å². The van der Waals surface area contributed by atoms with Gasteiger partial charge >= 0.3 is 5.97 Å². The Labute approximate surface area is 133 Å². The number of methoxy groups -OCH3 is 1. The molecule has 0 amide bonds. The van der Waals surface area contributed by atoms with Crippen LogP contribution in [0.2, 0.25) is 0 Å². The minimum Gasteiger partial charge on any atom is -0.466 e. The van der Waals surface area contributed by atoms with Gasteiger partial charge < -0.3 is 4.74 Å². The lowest BCUT2D eigenvalue weighted by atomic mass is 9.93. The van der Waals surface area contributed by atoms with Crippen LogP contribution in [0.1, 0.15) is 66.2 Å². The molecule has 0 rings (SSSR count). The van der Waals surface area contributed by atoms with Crippen molar-refractivity contribution < 1.29 is 9.53 Å². The van der Waals surface area contributed by atoms with Crippen LogP contribution in [-0.4, -0.2) is 22.8 Å². The van der Waals surface area contributed by atoms with Gasteiger partial charge in [0.25, 0.3) is 0 Å². The van der Waals surface area contributed by atoms with Gasteiger partial charge in [-0.25, -0.2) is 4.79 Å². The molecule has 20 heavy (non-hydrogen) atoms. The molecule has 4 heteroatoms. The molecule has 1 atom stereocenters. The SMILES string of the molecule is COC(=O)/C=C(\C)CCCC(C)(Cl)CCCC(C)(C)Cl. The molecule has 0 bridgehead atoms. The van der Waals surface area contributed by atoms with Gasteiger partial charge in [0.2, 0.25) is 0 Å². The minimum atomic E-state index is -0.291. The first-order chi connectivity index (χ1) is 9.06. The first kappa shape index (κ1) is 19.8. The Morgan fingerprint density at radius 1 is 1.10 bits per heavy atom. The molecule has 0 spiro atoms. The van der Waals surface area contributed by atoms with Crippen molar-refractivity contribution in [1.82, 2.24) is 0 Å². The summed E-state index contributed by atoms with van der Waals surface area (Å²) in [5.74, 6) is -0.291. The molecule has 0 aromatic heterocycles. The van der Waals surface area contributed by atoms with Gasteiger partial charge in [0.05, 0.1) is 7.11 Å². The number of hydrogen-bond donors (Lipinski definition) is 0. The molecule has 0 saturated heterocycles. The third kappa shape index (κ3) is 11.6. The van der Waals surface area contributed by atoms with Crippen molar-refractivity contribution in [3.8, 4) is 0 Å². The Kier molecular flexibility index (Phi) is 8.85. The number of allylic oxidation sites excluding steroid dienone is 1. The number of rotatable bonds is 9. The van der Waals surface area contributed by atoms with Crippen LogP contribution in [0.4, 0.5) is 0 Å². The second kappa shape index (κ2) is 8.94. The van der Waals surface area contributed by atoms with Crippen molar-refractivity contribution in [2.24, 2.45) is 0 Å². The second-order valence-electron chi connectivity index (χ2n) is 6.35. The van der Waals surface area contributed by atoms with Crippen LogP contribution in [0.25, 0.3) is 0 Å². The van der Waals surface area contributed by atoms with Gasteiger partial charge in [-0.15, -0.1) is 23.2 Å². The molecule has 0 aliphatic rings. The van der Waals surface area contributed by atoms with Crippen LogP contribution in [0, 0.1) is 0 Å². The van der Waals surface area contributed by atoms with Crippen molar-refractivity contribution in [3.63, 3.8) is 0 Å². The van der Waals surface area contributed by atoms with Crippen LogP contribution in [0.3, 0.4) is 0 Å². The normalized spacial score (nSPS) is 15.8. The summed E-state index contributed by atoms with van der Waals surface area (Å²) in [6, 6.07) is 0. The summed E-state index contributed by atoms with van der Waals surface area (Å²) < 4.78 is 4.60. The van der Waals surface area contributed by atoms with Gasteiger partial charge in [0.1, 0.15) is 0 Å². The van der Waals surface area contributed by atoms with Crippen LogP contribution >= 0.6 is 23.2 Å². The van der Waals surface area contributed by atoms with Gasteiger partial charge in [0, 0.05) is 15.8 Å². The Hall–Kier alpha value is -0.210. The molecular weight excluding hydrogens is 295 g/mol. The summed E-state index contributed by atoms with van der Waals surface area (Å²) in [5.41, 5.74) is 1.03. The molecule has 0 N–H and O–H groups in total. The van der Waals surface area contributed by atoms with Crippen molar-refractivity contribution in [2.75, 3.05) is 7.11 Å². The van der Waals surface area contributed by atoms with E-state index in [1.54, 1.807) is 6.08 Å². The molecule has 0 saturated carbocycles. The molecule has 0 radical (unpaired) electrons. The predicted molar refractivity (Wildman–Crippen MR) is 87.7 cm³/mol. The van der Waals surface area contributed by atoms with E-state index < -0.39 is 0 Å². The lowest BCUT2D eigenvalue weighted by Crippen LogP contribution is -2.18. The molecule has 0 aliphatic carbocycles. The molecule has 2 nitrogen and oxygen atoms in total. The maximum absolute atomic E-state index is 11.1. The summed E-state index contributed by atoms with van der Waals surface area (Å²) in [4.78, 5) is 10.7. The summed E-state index contributed by atoms with van der Waals surface area (Å²) in [5, 5.41) is 0. The van der Waals surface area contributed by atoms with E-state index in [0.717, 1.165) is 44.1 Å². The molecule has 118 valence electrons. The van der Waals surface area contributed by atoms with Gasteiger partial charge in [-0.1, -0.05) is 5.57 Å². The van der Waals surface area contributed by atoms with Crippen molar-refractivity contribution in [2.45, 2.75) is 76.0 Å². The predicted octanol–water partition coefficient (Wildman–Crippen LogP) is 5.46. The smallest absolute Gasteiger partial charge is 0.330 e. The van der Waals surface area contributed by atoms with Crippen LogP contribution in [0.5, 0.6) is 0 Å². The highest BCUT2D eigenvalue weighted by Gasteiger charge is 2.22. The Morgan fingerprint density at radius 2 is 1.65 bits per heavy atom. The summed E-state index contributed by atoms with van der Waals surface area (Å²) in [7, 11) is 1.39.